The van der Waals surface area contributed by atoms with Gasteiger partial charge in [-0.3, -0.25) is 4.79 Å². The van der Waals surface area contributed by atoms with Crippen LogP contribution in [0.25, 0.3) is 11.0 Å². The quantitative estimate of drug-likeness (QED) is 0.479. The van der Waals surface area contributed by atoms with E-state index in [0.717, 1.165) is 25.7 Å². The second-order valence-corrected chi connectivity index (χ2v) is 10.6. The molecule has 5 rings (SSSR count). The summed E-state index contributed by atoms with van der Waals surface area (Å²) in [5.41, 5.74) is 0.266. The molecule has 3 heterocycles. The van der Waals surface area contributed by atoms with E-state index in [2.05, 4.69) is 4.98 Å². The lowest BCUT2D eigenvalue weighted by molar-refractivity contribution is 0.0953. The first-order chi connectivity index (χ1) is 13.5. The Labute approximate surface area is 165 Å². The molecule has 1 atom stereocenters. The second-order valence-electron chi connectivity index (χ2n) is 7.35. The Kier molecular flexibility index (Phi) is 4.03. The van der Waals surface area contributed by atoms with Crippen molar-refractivity contribution in [1.82, 2.24) is 8.96 Å². The lowest BCUT2D eigenvalue weighted by atomic mass is 9.99. The first-order valence-electron chi connectivity index (χ1n) is 9.28. The molecule has 2 aromatic heterocycles. The number of rotatable bonds is 3. The lowest BCUT2D eigenvalue weighted by Gasteiger charge is -2.16. The van der Waals surface area contributed by atoms with Crippen molar-refractivity contribution in [2.75, 3.05) is 0 Å². The zero-order valence-electron chi connectivity index (χ0n) is 15.0. The summed E-state index contributed by atoms with van der Waals surface area (Å²) >= 11 is 0. The van der Waals surface area contributed by atoms with E-state index in [1.54, 1.807) is 24.3 Å². The van der Waals surface area contributed by atoms with Gasteiger partial charge < -0.3 is 0 Å². The number of benzene rings is 1. The number of sulfone groups is 1. The third-order valence-electron chi connectivity index (χ3n) is 5.61. The van der Waals surface area contributed by atoms with Gasteiger partial charge in [-0.1, -0.05) is 31.7 Å². The Bertz CT molecular complexity index is 1250. The highest BCUT2D eigenvalue weighted by Crippen LogP contribution is 2.39. The van der Waals surface area contributed by atoms with E-state index < -0.39 is 20.8 Å². The van der Waals surface area contributed by atoms with Gasteiger partial charge in [0.15, 0.2) is 22.4 Å². The summed E-state index contributed by atoms with van der Waals surface area (Å²) in [4.78, 5) is 17.9. The smallest absolute Gasteiger partial charge is 0.209 e. The zero-order valence-corrected chi connectivity index (χ0v) is 16.6. The third kappa shape index (κ3) is 2.51. The minimum atomic E-state index is -3.95. The maximum absolute atomic E-state index is 13.5. The van der Waals surface area contributed by atoms with Crippen LogP contribution in [0.2, 0.25) is 0 Å². The Morgan fingerprint density at radius 1 is 1.18 bits per heavy atom. The van der Waals surface area contributed by atoms with Crippen LogP contribution in [0.5, 0.6) is 0 Å². The maximum Gasteiger partial charge on any atom is 0.209 e. The predicted octanol–water partition coefficient (Wildman–Crippen LogP) is 3.52. The molecule has 0 radical (unpaired) electrons. The van der Waals surface area contributed by atoms with Crippen LogP contribution in [-0.4, -0.2) is 27.4 Å². The molecule has 4 bridgehead atoms. The SMILES string of the molecule is O=C(CC1CCCC1)c1c2c3cccnc3n1S(=O)c1cccc(c1)S2(=O)=O. The average molecular weight is 415 g/mol. The molecular formula is C20H18N2O4S2. The molecule has 1 aliphatic heterocycles. The van der Waals surface area contributed by atoms with E-state index in [1.807, 2.05) is 0 Å². The number of fused-ring (bicyclic) bond motifs is 7. The van der Waals surface area contributed by atoms with Gasteiger partial charge in [-0.25, -0.2) is 21.6 Å². The fraction of sp³-hybridized carbons (Fsp3) is 0.300. The molecule has 1 saturated carbocycles. The van der Waals surface area contributed by atoms with E-state index in [9.17, 15) is 17.4 Å². The van der Waals surface area contributed by atoms with Crippen molar-refractivity contribution in [1.29, 1.82) is 0 Å². The summed E-state index contributed by atoms with van der Waals surface area (Å²) in [7, 11) is -5.71. The molecular weight excluding hydrogens is 396 g/mol. The predicted molar refractivity (Wildman–Crippen MR) is 104 cm³/mol. The van der Waals surface area contributed by atoms with Crippen molar-refractivity contribution in [3.63, 3.8) is 0 Å². The molecule has 1 fully saturated rings. The van der Waals surface area contributed by atoms with Gasteiger partial charge in [0.25, 0.3) is 0 Å². The van der Waals surface area contributed by atoms with Gasteiger partial charge in [0.1, 0.15) is 10.6 Å². The molecule has 1 aliphatic carbocycles. The third-order valence-corrected chi connectivity index (χ3v) is 8.78. The number of nitrogens with zero attached hydrogens (tertiary/aromatic N) is 2. The monoisotopic (exact) mass is 414 g/mol. The normalized spacial score (nSPS) is 20.8. The topological polar surface area (TPSA) is 86.1 Å². The van der Waals surface area contributed by atoms with Crippen LogP contribution < -0.4 is 0 Å². The summed E-state index contributed by atoms with van der Waals surface area (Å²) in [6, 6.07) is 9.34. The van der Waals surface area contributed by atoms with Crippen LogP contribution in [0.15, 0.2) is 57.3 Å². The van der Waals surface area contributed by atoms with Gasteiger partial charge in [0.2, 0.25) is 9.84 Å². The Balaban J connectivity index is 1.85. The van der Waals surface area contributed by atoms with Crippen molar-refractivity contribution in [3.8, 4) is 0 Å². The lowest BCUT2D eigenvalue weighted by Crippen LogP contribution is -2.20. The van der Waals surface area contributed by atoms with Gasteiger partial charge in [0.05, 0.1) is 9.79 Å². The van der Waals surface area contributed by atoms with Crippen molar-refractivity contribution in [2.24, 2.45) is 5.92 Å². The number of Topliss-reactive ketones (excluding diaryl/α,β-unsaturated/α-hetero) is 1. The largest absolute Gasteiger partial charge is 0.292 e. The highest BCUT2D eigenvalue weighted by atomic mass is 32.2. The van der Waals surface area contributed by atoms with Crippen LogP contribution in [0.4, 0.5) is 0 Å². The standard InChI is InChI=1S/C20H18N2O4S2/c23-17(11-13-5-1-2-6-13)18-19-16-9-4-10-21-20(16)22(18)27(24)14-7-3-8-15(12-14)28(19,25)26/h3-4,7-10,12-13H,1-2,5-6,11H2. The Morgan fingerprint density at radius 2 is 1.96 bits per heavy atom. The van der Waals surface area contributed by atoms with Gasteiger partial charge in [-0.2, -0.15) is 0 Å². The Hall–Kier alpha value is -2.32. The molecule has 0 N–H and O–H groups in total. The van der Waals surface area contributed by atoms with Crippen LogP contribution >= 0.6 is 0 Å². The summed E-state index contributed by atoms with van der Waals surface area (Å²) < 4.78 is 41.6. The minimum Gasteiger partial charge on any atom is -0.292 e. The van der Waals surface area contributed by atoms with Gasteiger partial charge >= 0.3 is 0 Å². The summed E-state index contributed by atoms with van der Waals surface area (Å²) in [6.45, 7) is 0. The molecule has 6 nitrogen and oxygen atoms in total. The number of carbonyl (C=O) groups is 1. The molecule has 3 aromatic rings. The zero-order chi connectivity index (χ0) is 19.5. The molecule has 0 amide bonds. The van der Waals surface area contributed by atoms with Crippen molar-refractivity contribution < 1.29 is 17.4 Å². The van der Waals surface area contributed by atoms with E-state index in [1.165, 1.54) is 22.3 Å². The van der Waals surface area contributed by atoms with E-state index in [4.69, 9.17) is 0 Å². The van der Waals surface area contributed by atoms with E-state index in [-0.39, 0.29) is 39.3 Å². The van der Waals surface area contributed by atoms with E-state index in [0.29, 0.717) is 10.3 Å². The fourth-order valence-electron chi connectivity index (χ4n) is 4.28. The average Bonchev–Trinajstić information content (AvgIpc) is 3.32. The van der Waals surface area contributed by atoms with Crippen LogP contribution in [0.3, 0.4) is 0 Å². The molecule has 2 aliphatic rings. The fourth-order valence-corrected chi connectivity index (χ4v) is 7.39. The van der Waals surface area contributed by atoms with Gasteiger partial charge in [-0.05, 0) is 36.2 Å². The molecule has 1 unspecified atom stereocenters. The van der Waals surface area contributed by atoms with Crippen LogP contribution in [0, 0.1) is 5.92 Å². The second kappa shape index (κ2) is 6.35. The number of aromatic nitrogens is 2. The number of ketones is 1. The first kappa shape index (κ1) is 17.8. The first-order valence-corrected chi connectivity index (χ1v) is 11.9. The number of pyridine rings is 1. The Morgan fingerprint density at radius 3 is 2.75 bits per heavy atom. The molecule has 144 valence electrons. The highest BCUT2D eigenvalue weighted by Gasteiger charge is 2.37. The maximum atomic E-state index is 13.5. The molecule has 0 saturated heterocycles. The van der Waals surface area contributed by atoms with Crippen LogP contribution in [0.1, 0.15) is 42.6 Å². The number of carbonyl (C=O) groups excluding carboxylic acids is 1. The molecule has 1 aromatic carbocycles. The molecule has 8 heteroatoms. The summed E-state index contributed by atoms with van der Waals surface area (Å²) in [5.74, 6) is -0.0290. The van der Waals surface area contributed by atoms with E-state index >= 15 is 0 Å². The molecule has 0 spiro atoms. The number of hydrogen-bond acceptors (Lipinski definition) is 5. The van der Waals surface area contributed by atoms with Gasteiger partial charge in [-0.15, -0.1) is 0 Å². The minimum absolute atomic E-state index is 0.00531. The van der Waals surface area contributed by atoms with Crippen molar-refractivity contribution in [2.45, 2.75) is 46.8 Å². The number of hydrogen-bond donors (Lipinski definition) is 0. The van der Waals surface area contributed by atoms with Crippen LogP contribution in [-0.2, 0) is 20.8 Å². The summed E-state index contributed by atoms with van der Waals surface area (Å²) in [6.07, 6.45) is 5.90. The summed E-state index contributed by atoms with van der Waals surface area (Å²) in [5, 5.41) is 0.341. The van der Waals surface area contributed by atoms with Crippen molar-refractivity contribution >= 4 is 37.6 Å². The van der Waals surface area contributed by atoms with Crippen molar-refractivity contribution in [3.05, 3.63) is 48.3 Å². The highest BCUT2D eigenvalue weighted by molar-refractivity contribution is 7.92. The van der Waals surface area contributed by atoms with Gasteiger partial charge in [0, 0.05) is 18.0 Å². The molecule has 28 heavy (non-hydrogen) atoms.